The maximum atomic E-state index is 12.2. The second kappa shape index (κ2) is 4.99. The molecule has 1 aromatic rings. The fourth-order valence-electron chi connectivity index (χ4n) is 1.82. The van der Waals surface area contributed by atoms with Gasteiger partial charge in [-0.15, -0.1) is 11.8 Å². The summed E-state index contributed by atoms with van der Waals surface area (Å²) in [5.74, 6) is 0.746. The second-order valence-electron chi connectivity index (χ2n) is 4.43. The van der Waals surface area contributed by atoms with Gasteiger partial charge in [0.25, 0.3) is 0 Å². The molecule has 0 aliphatic carbocycles. The van der Waals surface area contributed by atoms with E-state index < -0.39 is 10.2 Å². The molecule has 1 heterocycles. The van der Waals surface area contributed by atoms with Crippen molar-refractivity contribution in [3.63, 3.8) is 0 Å². The Morgan fingerprint density at radius 2 is 2.17 bits per heavy atom. The normalized spacial score (nSPS) is 15.8. The van der Waals surface area contributed by atoms with E-state index >= 15 is 0 Å². The van der Waals surface area contributed by atoms with Crippen molar-refractivity contribution in [2.24, 2.45) is 0 Å². The summed E-state index contributed by atoms with van der Waals surface area (Å²) in [5.41, 5.74) is 6.97. The second-order valence-corrected chi connectivity index (χ2v) is 7.19. The van der Waals surface area contributed by atoms with Crippen LogP contribution in [-0.2, 0) is 10.2 Å². The highest BCUT2D eigenvalue weighted by molar-refractivity contribution is 7.99. The lowest BCUT2D eigenvalue weighted by Gasteiger charge is -2.30. The number of rotatable bonds is 3. The van der Waals surface area contributed by atoms with Gasteiger partial charge in [0, 0.05) is 28.9 Å². The van der Waals surface area contributed by atoms with Gasteiger partial charge < -0.3 is 5.73 Å². The third-order valence-corrected chi connectivity index (χ3v) is 5.25. The molecule has 0 aromatic heterocycles. The summed E-state index contributed by atoms with van der Waals surface area (Å²) in [7, 11) is -3.50. The van der Waals surface area contributed by atoms with Crippen LogP contribution >= 0.6 is 11.8 Å². The Hall–Kier alpha value is -0.920. The highest BCUT2D eigenvalue weighted by atomic mass is 32.2. The third kappa shape index (κ3) is 2.73. The number of nitrogen functional groups attached to an aromatic ring is 1. The van der Waals surface area contributed by atoms with Gasteiger partial charge in [-0.05, 0) is 32.0 Å². The number of thioether (sulfide) groups is 1. The summed E-state index contributed by atoms with van der Waals surface area (Å²) in [6.07, 6.45) is 0. The van der Waals surface area contributed by atoms with E-state index in [1.165, 1.54) is 4.31 Å². The summed E-state index contributed by atoms with van der Waals surface area (Å²) in [6.45, 7) is 4.07. The first-order valence-corrected chi connectivity index (χ1v) is 8.15. The van der Waals surface area contributed by atoms with E-state index in [1.807, 2.05) is 6.07 Å². The minimum absolute atomic E-state index is 0.130. The van der Waals surface area contributed by atoms with Gasteiger partial charge in [0.15, 0.2) is 0 Å². The van der Waals surface area contributed by atoms with Crippen molar-refractivity contribution in [3.8, 4) is 0 Å². The maximum absolute atomic E-state index is 12.2. The van der Waals surface area contributed by atoms with Gasteiger partial charge in [-0.25, -0.2) is 0 Å². The van der Waals surface area contributed by atoms with E-state index in [0.29, 0.717) is 17.9 Å². The lowest BCUT2D eigenvalue weighted by Crippen LogP contribution is -2.45. The standard InChI is InChI=1S/C11H17N3O2S2/c1-8(2)13-18(15,16)14-5-6-17-11-4-3-9(12)7-10(11)14/h3-4,7-8,13H,5-6,12H2,1-2H3. The zero-order chi connectivity index (χ0) is 13.3. The first-order valence-electron chi connectivity index (χ1n) is 5.72. The van der Waals surface area contributed by atoms with Crippen LogP contribution < -0.4 is 14.8 Å². The summed E-state index contributed by atoms with van der Waals surface area (Å²) in [6, 6.07) is 5.24. The number of hydrogen-bond acceptors (Lipinski definition) is 4. The van der Waals surface area contributed by atoms with Crippen LogP contribution in [0.5, 0.6) is 0 Å². The number of nitrogens with zero attached hydrogens (tertiary/aromatic N) is 1. The predicted molar refractivity (Wildman–Crippen MR) is 76.1 cm³/mol. The largest absolute Gasteiger partial charge is 0.399 e. The zero-order valence-corrected chi connectivity index (χ0v) is 12.0. The smallest absolute Gasteiger partial charge is 0.301 e. The SMILES string of the molecule is CC(C)NS(=O)(=O)N1CCSc2ccc(N)cc21. The van der Waals surface area contributed by atoms with Gasteiger partial charge in [-0.1, -0.05) is 0 Å². The fraction of sp³-hybridized carbons (Fsp3) is 0.455. The van der Waals surface area contributed by atoms with E-state index in [2.05, 4.69) is 4.72 Å². The highest BCUT2D eigenvalue weighted by Crippen LogP contribution is 2.37. The number of benzene rings is 1. The summed E-state index contributed by atoms with van der Waals surface area (Å²) in [5, 5.41) is 0. The van der Waals surface area contributed by atoms with Crippen LogP contribution in [0, 0.1) is 0 Å². The van der Waals surface area contributed by atoms with Gasteiger partial charge >= 0.3 is 10.2 Å². The van der Waals surface area contributed by atoms with Crippen molar-refractivity contribution in [3.05, 3.63) is 18.2 Å². The third-order valence-electron chi connectivity index (χ3n) is 2.48. The average Bonchev–Trinajstić information content (AvgIpc) is 2.26. The Bertz CT molecular complexity index is 543. The number of nitrogens with one attached hydrogen (secondary N) is 1. The van der Waals surface area contributed by atoms with Crippen molar-refractivity contribution in [2.45, 2.75) is 24.8 Å². The Labute approximate surface area is 112 Å². The van der Waals surface area contributed by atoms with Crippen molar-refractivity contribution in [1.29, 1.82) is 0 Å². The molecule has 0 saturated heterocycles. The molecule has 1 aromatic carbocycles. The van der Waals surface area contributed by atoms with Crippen LogP contribution in [0.1, 0.15) is 13.8 Å². The van der Waals surface area contributed by atoms with Crippen LogP contribution in [0.25, 0.3) is 0 Å². The molecule has 0 bridgehead atoms. The molecule has 5 nitrogen and oxygen atoms in total. The number of nitrogens with two attached hydrogens (primary N) is 1. The monoisotopic (exact) mass is 287 g/mol. The van der Waals surface area contributed by atoms with E-state index in [9.17, 15) is 8.42 Å². The Morgan fingerprint density at radius 1 is 1.44 bits per heavy atom. The van der Waals surface area contributed by atoms with Crippen molar-refractivity contribution in [2.75, 3.05) is 22.3 Å². The molecule has 0 saturated carbocycles. The van der Waals surface area contributed by atoms with E-state index in [4.69, 9.17) is 5.73 Å². The lowest BCUT2D eigenvalue weighted by atomic mass is 10.3. The van der Waals surface area contributed by atoms with Crippen LogP contribution in [0.4, 0.5) is 11.4 Å². The van der Waals surface area contributed by atoms with Gasteiger partial charge in [-0.3, -0.25) is 4.31 Å². The molecule has 0 fully saturated rings. The van der Waals surface area contributed by atoms with Crippen LogP contribution in [0.3, 0.4) is 0 Å². The summed E-state index contributed by atoms with van der Waals surface area (Å²) >= 11 is 1.65. The van der Waals surface area contributed by atoms with E-state index in [0.717, 1.165) is 10.6 Å². The average molecular weight is 287 g/mol. The quantitative estimate of drug-likeness (QED) is 0.825. The molecule has 0 amide bonds. The summed E-state index contributed by atoms with van der Waals surface area (Å²) in [4.78, 5) is 0.949. The Kier molecular flexibility index (Phi) is 3.74. The van der Waals surface area contributed by atoms with Crippen LogP contribution in [-0.4, -0.2) is 26.8 Å². The molecule has 18 heavy (non-hydrogen) atoms. The van der Waals surface area contributed by atoms with Crippen molar-refractivity contribution >= 4 is 33.3 Å². The topological polar surface area (TPSA) is 75.4 Å². The lowest BCUT2D eigenvalue weighted by molar-refractivity contribution is 0.565. The molecule has 1 aliphatic heterocycles. The van der Waals surface area contributed by atoms with Crippen LogP contribution in [0.15, 0.2) is 23.1 Å². The molecule has 100 valence electrons. The molecule has 0 radical (unpaired) electrons. The van der Waals surface area contributed by atoms with Crippen molar-refractivity contribution in [1.82, 2.24) is 4.72 Å². The van der Waals surface area contributed by atoms with Crippen molar-refractivity contribution < 1.29 is 8.42 Å². The highest BCUT2D eigenvalue weighted by Gasteiger charge is 2.28. The molecule has 3 N–H and O–H groups in total. The zero-order valence-electron chi connectivity index (χ0n) is 10.4. The number of hydrogen-bond donors (Lipinski definition) is 2. The van der Waals surface area contributed by atoms with Crippen LogP contribution in [0.2, 0.25) is 0 Å². The number of fused-ring (bicyclic) bond motifs is 1. The molecule has 0 atom stereocenters. The van der Waals surface area contributed by atoms with Gasteiger partial charge in [0.2, 0.25) is 0 Å². The molecule has 7 heteroatoms. The minimum Gasteiger partial charge on any atom is -0.399 e. The van der Waals surface area contributed by atoms with Gasteiger partial charge in [0.05, 0.1) is 5.69 Å². The fourth-order valence-corrected chi connectivity index (χ4v) is 4.43. The number of anilines is 2. The van der Waals surface area contributed by atoms with Gasteiger partial charge in [-0.2, -0.15) is 13.1 Å². The van der Waals surface area contributed by atoms with Gasteiger partial charge in [0.1, 0.15) is 0 Å². The molecular formula is C11H17N3O2S2. The van der Waals surface area contributed by atoms with E-state index in [1.54, 1.807) is 37.7 Å². The Balaban J connectivity index is 2.41. The first kappa shape index (κ1) is 13.5. The molecule has 2 rings (SSSR count). The Morgan fingerprint density at radius 3 is 2.83 bits per heavy atom. The molecule has 0 spiro atoms. The first-order chi connectivity index (χ1) is 8.40. The van der Waals surface area contributed by atoms with E-state index in [-0.39, 0.29) is 6.04 Å². The molecular weight excluding hydrogens is 270 g/mol. The molecule has 1 aliphatic rings. The maximum Gasteiger partial charge on any atom is 0.301 e. The minimum atomic E-state index is -3.50. The summed E-state index contributed by atoms with van der Waals surface area (Å²) < 4.78 is 28.5. The predicted octanol–water partition coefficient (Wildman–Crippen LogP) is 1.42. The molecule has 0 unspecified atom stereocenters.